The fraction of sp³-hybridized carbons (Fsp3) is 0.680. The van der Waals surface area contributed by atoms with E-state index in [9.17, 15) is 4.79 Å². The normalized spacial score (nSPS) is 15.1. The Morgan fingerprint density at radius 3 is 2.36 bits per heavy atom. The first-order valence-corrected chi connectivity index (χ1v) is 12.4. The highest BCUT2D eigenvalue weighted by Gasteiger charge is 2.23. The third-order valence-electron chi connectivity index (χ3n) is 5.90. The molecule has 0 amide bonds. The van der Waals surface area contributed by atoms with Gasteiger partial charge in [0.25, 0.3) is 0 Å². The van der Waals surface area contributed by atoms with Gasteiger partial charge in [0.2, 0.25) is 5.88 Å². The van der Waals surface area contributed by atoms with Crippen LogP contribution in [0.15, 0.2) is 23.1 Å². The van der Waals surface area contributed by atoms with E-state index in [1.165, 1.54) is 0 Å². The van der Waals surface area contributed by atoms with E-state index in [0.29, 0.717) is 19.0 Å². The van der Waals surface area contributed by atoms with E-state index in [0.717, 1.165) is 75.7 Å². The molecule has 3 heterocycles. The van der Waals surface area contributed by atoms with Gasteiger partial charge in [-0.1, -0.05) is 34.1 Å². The highest BCUT2D eigenvalue weighted by Crippen LogP contribution is 2.23. The zero-order chi connectivity index (χ0) is 23.8. The summed E-state index contributed by atoms with van der Waals surface area (Å²) in [5.74, 6) is 2.40. The number of anilines is 1. The molecule has 2 aromatic rings. The minimum atomic E-state index is -0.239. The van der Waals surface area contributed by atoms with Gasteiger partial charge < -0.3 is 9.64 Å². The van der Waals surface area contributed by atoms with E-state index in [1.807, 2.05) is 6.92 Å². The Hall–Kier alpha value is -2.48. The van der Waals surface area contributed by atoms with Crippen LogP contribution in [-0.4, -0.2) is 63.7 Å². The molecule has 0 radical (unpaired) electrons. The van der Waals surface area contributed by atoms with Gasteiger partial charge in [-0.3, -0.25) is 9.47 Å². The second-order valence-corrected chi connectivity index (χ2v) is 9.75. The molecule has 8 nitrogen and oxygen atoms in total. The maximum Gasteiger partial charge on any atom is 0.350 e. The van der Waals surface area contributed by atoms with Crippen molar-refractivity contribution >= 4 is 5.82 Å². The second-order valence-electron chi connectivity index (χ2n) is 9.75. The van der Waals surface area contributed by atoms with Crippen LogP contribution in [0, 0.1) is 0 Å². The van der Waals surface area contributed by atoms with E-state index in [4.69, 9.17) is 14.7 Å². The van der Waals surface area contributed by atoms with Gasteiger partial charge in [0.05, 0.1) is 6.61 Å². The van der Waals surface area contributed by atoms with Crippen molar-refractivity contribution in [3.05, 3.63) is 40.3 Å². The summed E-state index contributed by atoms with van der Waals surface area (Å²) in [6, 6.07) is 3.94. The maximum atomic E-state index is 12.1. The second kappa shape index (κ2) is 11.6. The fourth-order valence-electron chi connectivity index (χ4n) is 3.99. The first-order chi connectivity index (χ1) is 15.8. The Labute approximate surface area is 198 Å². The molecule has 0 spiro atoms. The quantitative estimate of drug-likeness (QED) is 0.508. The van der Waals surface area contributed by atoms with Crippen molar-refractivity contribution in [2.75, 3.05) is 44.2 Å². The standard InChI is InChI=1S/C25H40N6O2/c1-6-10-20-19-21(27-23(26-20)25(3,4)5)30-17-15-29(16-18-30)12-8-9-13-31-14-11-22(33-7-2)28-24(31)32/h11,14,19H,6-10,12-13,15-18H2,1-5H3. The van der Waals surface area contributed by atoms with Crippen molar-refractivity contribution in [2.45, 2.75) is 72.3 Å². The molecule has 8 heteroatoms. The molecule has 0 unspecified atom stereocenters. The molecule has 33 heavy (non-hydrogen) atoms. The largest absolute Gasteiger partial charge is 0.478 e. The molecule has 0 N–H and O–H groups in total. The summed E-state index contributed by atoms with van der Waals surface area (Å²) in [5, 5.41) is 0. The predicted molar refractivity (Wildman–Crippen MR) is 132 cm³/mol. The van der Waals surface area contributed by atoms with Crippen molar-refractivity contribution in [3.8, 4) is 5.88 Å². The highest BCUT2D eigenvalue weighted by atomic mass is 16.5. The van der Waals surface area contributed by atoms with Crippen molar-refractivity contribution in [1.82, 2.24) is 24.4 Å². The van der Waals surface area contributed by atoms with Gasteiger partial charge in [-0.25, -0.2) is 14.8 Å². The maximum absolute atomic E-state index is 12.1. The molecule has 1 fully saturated rings. The van der Waals surface area contributed by atoms with Gasteiger partial charge in [0, 0.05) is 62.2 Å². The molecule has 0 aromatic carbocycles. The van der Waals surface area contributed by atoms with Crippen molar-refractivity contribution < 1.29 is 4.74 Å². The van der Waals surface area contributed by atoms with E-state index in [2.05, 4.69) is 48.5 Å². The number of piperazine rings is 1. The van der Waals surface area contributed by atoms with Crippen LogP contribution >= 0.6 is 0 Å². The summed E-state index contributed by atoms with van der Waals surface area (Å²) >= 11 is 0. The summed E-state index contributed by atoms with van der Waals surface area (Å²) in [5.41, 5.74) is 0.853. The van der Waals surface area contributed by atoms with E-state index in [1.54, 1.807) is 16.8 Å². The lowest BCUT2D eigenvalue weighted by molar-refractivity contribution is 0.250. The summed E-state index contributed by atoms with van der Waals surface area (Å²) in [6.07, 6.45) is 5.87. The molecular weight excluding hydrogens is 416 g/mol. The van der Waals surface area contributed by atoms with Crippen LogP contribution < -0.4 is 15.3 Å². The lowest BCUT2D eigenvalue weighted by atomic mass is 9.95. The predicted octanol–water partition coefficient (Wildman–Crippen LogP) is 3.28. The summed E-state index contributed by atoms with van der Waals surface area (Å²) < 4.78 is 6.95. The zero-order valence-electron chi connectivity index (χ0n) is 21.0. The van der Waals surface area contributed by atoms with Crippen LogP contribution in [-0.2, 0) is 18.4 Å². The molecule has 2 aromatic heterocycles. The average Bonchev–Trinajstić information content (AvgIpc) is 2.78. The number of hydrogen-bond donors (Lipinski definition) is 0. The van der Waals surface area contributed by atoms with Gasteiger partial charge in [0.15, 0.2) is 0 Å². The van der Waals surface area contributed by atoms with Gasteiger partial charge in [-0.05, 0) is 32.7 Å². The SMILES string of the molecule is CCCc1cc(N2CCN(CCCCn3ccc(OCC)nc3=O)CC2)nc(C(C)(C)C)n1. The molecule has 0 atom stereocenters. The number of hydrogen-bond acceptors (Lipinski definition) is 7. The third kappa shape index (κ3) is 7.25. The van der Waals surface area contributed by atoms with Crippen LogP contribution in [0.1, 0.15) is 65.4 Å². The number of rotatable bonds is 10. The number of aromatic nitrogens is 4. The van der Waals surface area contributed by atoms with Crippen LogP contribution in [0.2, 0.25) is 0 Å². The molecule has 0 aliphatic carbocycles. The highest BCUT2D eigenvalue weighted by molar-refractivity contribution is 5.41. The Morgan fingerprint density at radius 1 is 1.00 bits per heavy atom. The van der Waals surface area contributed by atoms with E-state index < -0.39 is 0 Å². The van der Waals surface area contributed by atoms with Gasteiger partial charge >= 0.3 is 5.69 Å². The lowest BCUT2D eigenvalue weighted by Crippen LogP contribution is -2.47. The molecule has 1 aliphatic rings. The topological polar surface area (TPSA) is 76.4 Å². The van der Waals surface area contributed by atoms with Crippen LogP contribution in [0.3, 0.4) is 0 Å². The number of nitrogens with zero attached hydrogens (tertiary/aromatic N) is 6. The molecule has 3 rings (SSSR count). The van der Waals surface area contributed by atoms with Crippen LogP contribution in [0.25, 0.3) is 0 Å². The minimum absolute atomic E-state index is 0.0544. The van der Waals surface area contributed by atoms with Crippen LogP contribution in [0.4, 0.5) is 5.82 Å². The first kappa shape index (κ1) is 25.1. The Kier molecular flexibility index (Phi) is 8.83. The number of unbranched alkanes of at least 4 members (excludes halogenated alkanes) is 1. The smallest absolute Gasteiger partial charge is 0.350 e. The molecular formula is C25H40N6O2. The summed E-state index contributed by atoms with van der Waals surface area (Å²) in [6.45, 7) is 16.9. The van der Waals surface area contributed by atoms with Crippen molar-refractivity contribution in [3.63, 3.8) is 0 Å². The first-order valence-electron chi connectivity index (χ1n) is 12.4. The van der Waals surface area contributed by atoms with Crippen LogP contribution in [0.5, 0.6) is 5.88 Å². The lowest BCUT2D eigenvalue weighted by Gasteiger charge is -2.36. The Morgan fingerprint density at radius 2 is 1.73 bits per heavy atom. The van der Waals surface area contributed by atoms with Gasteiger partial charge in [-0.15, -0.1) is 0 Å². The summed E-state index contributed by atoms with van der Waals surface area (Å²) in [7, 11) is 0. The molecule has 0 saturated carbocycles. The monoisotopic (exact) mass is 456 g/mol. The zero-order valence-corrected chi connectivity index (χ0v) is 21.0. The fourth-order valence-corrected chi connectivity index (χ4v) is 3.99. The summed E-state index contributed by atoms with van der Waals surface area (Å²) in [4.78, 5) is 30.7. The third-order valence-corrected chi connectivity index (χ3v) is 5.90. The molecule has 1 saturated heterocycles. The Bertz CT molecular complexity index is 945. The average molecular weight is 457 g/mol. The Balaban J connectivity index is 1.47. The van der Waals surface area contributed by atoms with E-state index in [-0.39, 0.29) is 11.1 Å². The van der Waals surface area contributed by atoms with Crippen molar-refractivity contribution in [2.24, 2.45) is 0 Å². The van der Waals surface area contributed by atoms with Crippen molar-refractivity contribution in [1.29, 1.82) is 0 Å². The number of aryl methyl sites for hydroxylation is 2. The van der Waals surface area contributed by atoms with E-state index >= 15 is 0 Å². The number of ether oxygens (including phenoxy) is 1. The van der Waals surface area contributed by atoms with Gasteiger partial charge in [0.1, 0.15) is 11.6 Å². The molecule has 182 valence electrons. The molecule has 1 aliphatic heterocycles. The van der Waals surface area contributed by atoms with Gasteiger partial charge in [-0.2, -0.15) is 4.98 Å². The molecule has 0 bridgehead atoms. The minimum Gasteiger partial charge on any atom is -0.478 e.